The molecule has 3 heterocycles. The molecule has 3 aliphatic heterocycles. The zero-order valence-electron chi connectivity index (χ0n) is 10.5. The van der Waals surface area contributed by atoms with Crippen LogP contribution in [0, 0.1) is 11.8 Å². The van der Waals surface area contributed by atoms with Crippen LogP contribution < -0.4 is 5.32 Å². The van der Waals surface area contributed by atoms with Gasteiger partial charge in [-0.15, -0.1) is 0 Å². The number of nitrogens with zero attached hydrogens (tertiary/aromatic N) is 1. The molecule has 3 unspecified atom stereocenters. The molecule has 0 bridgehead atoms. The lowest BCUT2D eigenvalue weighted by atomic mass is 10.0. The molecule has 18 heavy (non-hydrogen) atoms. The molecule has 3 saturated heterocycles. The molecule has 0 aromatic carbocycles. The summed E-state index contributed by atoms with van der Waals surface area (Å²) in [5, 5.41) is 2.57. The van der Waals surface area contributed by atoms with Crippen molar-refractivity contribution in [2.45, 2.75) is 24.5 Å². The zero-order chi connectivity index (χ0) is 12.8. The van der Waals surface area contributed by atoms with Crippen molar-refractivity contribution in [3.8, 4) is 0 Å². The minimum absolute atomic E-state index is 0.135. The Morgan fingerprint density at radius 2 is 1.78 bits per heavy atom. The molecular weight excluding hydrogens is 252 g/mol. The Bertz CT molecular complexity index is 436. The van der Waals surface area contributed by atoms with Crippen LogP contribution in [0.15, 0.2) is 0 Å². The molecule has 1 N–H and O–H groups in total. The second-order valence-electron chi connectivity index (χ2n) is 5.77. The molecule has 0 aromatic rings. The van der Waals surface area contributed by atoms with Gasteiger partial charge in [0.1, 0.15) is 5.25 Å². The van der Waals surface area contributed by atoms with E-state index in [1.165, 1.54) is 0 Å². The predicted molar refractivity (Wildman–Crippen MR) is 67.9 cm³/mol. The number of carbonyl (C=O) groups is 1. The van der Waals surface area contributed by atoms with Gasteiger partial charge in [0.05, 0.1) is 5.75 Å². The maximum absolute atomic E-state index is 12.4. The fraction of sp³-hybridized carbons (Fsp3) is 0.917. The number of hydrogen-bond donors (Lipinski definition) is 1. The van der Waals surface area contributed by atoms with Crippen LogP contribution in [0.4, 0.5) is 0 Å². The summed E-state index contributed by atoms with van der Waals surface area (Å²) in [5.41, 5.74) is 0. The average molecular weight is 272 g/mol. The Kier molecular flexibility index (Phi) is 3.10. The highest BCUT2D eigenvalue weighted by atomic mass is 32.2. The van der Waals surface area contributed by atoms with Crippen LogP contribution in [0.25, 0.3) is 0 Å². The topological polar surface area (TPSA) is 66.5 Å². The summed E-state index contributed by atoms with van der Waals surface area (Å²) >= 11 is 0. The largest absolute Gasteiger partial charge is 0.341 e. The average Bonchev–Trinajstić information content (AvgIpc) is 2.87. The highest BCUT2D eigenvalue weighted by Gasteiger charge is 2.43. The molecule has 3 atom stereocenters. The Hall–Kier alpha value is -0.620. The third kappa shape index (κ3) is 2.05. The fourth-order valence-electron chi connectivity index (χ4n) is 3.47. The molecule has 0 radical (unpaired) electrons. The van der Waals surface area contributed by atoms with Gasteiger partial charge in [-0.3, -0.25) is 4.79 Å². The van der Waals surface area contributed by atoms with Crippen molar-refractivity contribution in [2.24, 2.45) is 11.8 Å². The minimum Gasteiger partial charge on any atom is -0.341 e. The van der Waals surface area contributed by atoms with Gasteiger partial charge >= 0.3 is 0 Å². The number of fused-ring (bicyclic) bond motifs is 1. The summed E-state index contributed by atoms with van der Waals surface area (Å²) in [6.07, 6.45) is 2.09. The Morgan fingerprint density at radius 1 is 1.11 bits per heavy atom. The van der Waals surface area contributed by atoms with Gasteiger partial charge < -0.3 is 10.2 Å². The lowest BCUT2D eigenvalue weighted by Gasteiger charge is -2.26. The first kappa shape index (κ1) is 12.4. The summed E-state index contributed by atoms with van der Waals surface area (Å²) in [6.45, 7) is 3.41. The van der Waals surface area contributed by atoms with E-state index < -0.39 is 15.1 Å². The van der Waals surface area contributed by atoms with Crippen molar-refractivity contribution in [3.63, 3.8) is 0 Å². The summed E-state index contributed by atoms with van der Waals surface area (Å²) < 4.78 is 23.9. The van der Waals surface area contributed by atoms with Crippen molar-refractivity contribution in [1.29, 1.82) is 0 Å². The van der Waals surface area contributed by atoms with Crippen LogP contribution in [0.2, 0.25) is 0 Å². The Labute approximate surface area is 108 Å². The van der Waals surface area contributed by atoms with Gasteiger partial charge in [0.2, 0.25) is 5.91 Å². The molecule has 6 heteroatoms. The third-order valence-corrected chi connectivity index (χ3v) is 6.72. The quantitative estimate of drug-likeness (QED) is 0.707. The first-order chi connectivity index (χ1) is 8.58. The van der Waals surface area contributed by atoms with Gasteiger partial charge in [-0.05, 0) is 24.7 Å². The molecule has 1 amide bonds. The maximum atomic E-state index is 12.4. The van der Waals surface area contributed by atoms with E-state index in [1.54, 1.807) is 4.90 Å². The lowest BCUT2D eigenvalue weighted by Crippen LogP contribution is -2.45. The number of likely N-dealkylation sites (tertiary alicyclic amines) is 1. The van der Waals surface area contributed by atoms with Gasteiger partial charge in [-0.25, -0.2) is 8.42 Å². The predicted octanol–water partition coefficient (Wildman–Crippen LogP) is -0.368. The van der Waals surface area contributed by atoms with Crippen LogP contribution in [0.3, 0.4) is 0 Å². The molecule has 0 aromatic heterocycles. The van der Waals surface area contributed by atoms with Crippen molar-refractivity contribution in [2.75, 3.05) is 31.9 Å². The Morgan fingerprint density at radius 3 is 2.39 bits per heavy atom. The number of hydrogen-bond acceptors (Lipinski definition) is 4. The number of sulfone groups is 1. The first-order valence-corrected chi connectivity index (χ1v) is 8.50. The SMILES string of the molecule is O=C(C1CCCCS1(=O)=O)N1CC2CNCC2C1. The highest BCUT2D eigenvalue weighted by molar-refractivity contribution is 7.92. The van der Waals surface area contributed by atoms with Crippen LogP contribution in [-0.2, 0) is 14.6 Å². The van der Waals surface area contributed by atoms with E-state index in [2.05, 4.69) is 5.32 Å². The van der Waals surface area contributed by atoms with Gasteiger partial charge in [-0.1, -0.05) is 6.42 Å². The summed E-state index contributed by atoms with van der Waals surface area (Å²) in [7, 11) is -3.19. The van der Waals surface area contributed by atoms with Gasteiger partial charge in [0, 0.05) is 26.2 Å². The fourth-order valence-corrected chi connectivity index (χ4v) is 5.34. The number of carbonyl (C=O) groups excluding carboxylic acids is 1. The standard InChI is InChI=1S/C12H20N2O3S/c15-12(11-3-1-2-4-18(11,16)17)14-7-9-5-13-6-10(9)8-14/h9-11,13H,1-8H2. The molecule has 102 valence electrons. The first-order valence-electron chi connectivity index (χ1n) is 6.79. The second kappa shape index (κ2) is 4.49. The molecule has 0 spiro atoms. The number of rotatable bonds is 1. The summed E-state index contributed by atoms with van der Waals surface area (Å²) in [6, 6.07) is 0. The van der Waals surface area contributed by atoms with Crippen molar-refractivity contribution < 1.29 is 13.2 Å². The van der Waals surface area contributed by atoms with Gasteiger partial charge in [0.15, 0.2) is 9.84 Å². The molecular formula is C12H20N2O3S. The molecule has 0 saturated carbocycles. The third-order valence-electron chi connectivity index (χ3n) is 4.56. The van der Waals surface area contributed by atoms with Crippen molar-refractivity contribution in [3.05, 3.63) is 0 Å². The monoisotopic (exact) mass is 272 g/mol. The van der Waals surface area contributed by atoms with E-state index in [-0.39, 0.29) is 11.7 Å². The molecule has 3 aliphatic rings. The van der Waals surface area contributed by atoms with Crippen LogP contribution >= 0.6 is 0 Å². The van der Waals surface area contributed by atoms with E-state index >= 15 is 0 Å². The van der Waals surface area contributed by atoms with Crippen LogP contribution in [-0.4, -0.2) is 56.4 Å². The molecule has 3 fully saturated rings. The van der Waals surface area contributed by atoms with E-state index in [0.717, 1.165) is 32.6 Å². The molecule has 0 aliphatic carbocycles. The van der Waals surface area contributed by atoms with Crippen LogP contribution in [0.1, 0.15) is 19.3 Å². The van der Waals surface area contributed by atoms with Crippen molar-refractivity contribution >= 4 is 15.7 Å². The lowest BCUT2D eigenvalue weighted by molar-refractivity contribution is -0.130. The number of nitrogens with one attached hydrogen (secondary N) is 1. The van der Waals surface area contributed by atoms with Crippen LogP contribution in [0.5, 0.6) is 0 Å². The smallest absolute Gasteiger partial charge is 0.240 e. The van der Waals surface area contributed by atoms with E-state index in [1.807, 2.05) is 0 Å². The van der Waals surface area contributed by atoms with Gasteiger partial charge in [-0.2, -0.15) is 0 Å². The highest BCUT2D eigenvalue weighted by Crippen LogP contribution is 2.29. The summed E-state index contributed by atoms with van der Waals surface area (Å²) in [5.74, 6) is 1.11. The summed E-state index contributed by atoms with van der Waals surface area (Å²) in [4.78, 5) is 14.2. The molecule has 5 nitrogen and oxygen atoms in total. The normalized spacial score (nSPS) is 38.7. The van der Waals surface area contributed by atoms with E-state index in [4.69, 9.17) is 0 Å². The van der Waals surface area contributed by atoms with E-state index in [9.17, 15) is 13.2 Å². The minimum atomic E-state index is -3.19. The maximum Gasteiger partial charge on any atom is 0.240 e. The second-order valence-corrected chi connectivity index (χ2v) is 8.08. The molecule has 3 rings (SSSR count). The Balaban J connectivity index is 1.71. The van der Waals surface area contributed by atoms with E-state index in [0.29, 0.717) is 24.7 Å². The zero-order valence-corrected chi connectivity index (χ0v) is 11.3. The van der Waals surface area contributed by atoms with Crippen molar-refractivity contribution in [1.82, 2.24) is 10.2 Å². The van der Waals surface area contributed by atoms with Gasteiger partial charge in [0.25, 0.3) is 0 Å². The number of amides is 1.